The zero-order valence-corrected chi connectivity index (χ0v) is 11.2. The quantitative estimate of drug-likeness (QED) is 0.637. The highest BCUT2D eigenvalue weighted by Crippen LogP contribution is 2.12. The van der Waals surface area contributed by atoms with Crippen LogP contribution in [0.5, 0.6) is 0 Å². The van der Waals surface area contributed by atoms with Crippen molar-refractivity contribution in [3.63, 3.8) is 0 Å². The SMILES string of the molecule is CCCNC(CCC(C)C)CC(C)OC. The van der Waals surface area contributed by atoms with E-state index < -0.39 is 0 Å². The van der Waals surface area contributed by atoms with E-state index in [2.05, 4.69) is 33.0 Å². The zero-order valence-electron chi connectivity index (χ0n) is 11.2. The van der Waals surface area contributed by atoms with Gasteiger partial charge in [-0.1, -0.05) is 20.8 Å². The van der Waals surface area contributed by atoms with Gasteiger partial charge in [-0.25, -0.2) is 0 Å². The van der Waals surface area contributed by atoms with Gasteiger partial charge >= 0.3 is 0 Å². The van der Waals surface area contributed by atoms with E-state index in [1.54, 1.807) is 7.11 Å². The van der Waals surface area contributed by atoms with Crippen molar-refractivity contribution in [1.82, 2.24) is 5.32 Å². The van der Waals surface area contributed by atoms with Gasteiger partial charge in [0.25, 0.3) is 0 Å². The number of methoxy groups -OCH3 is 1. The van der Waals surface area contributed by atoms with Crippen molar-refractivity contribution in [3.8, 4) is 0 Å². The summed E-state index contributed by atoms with van der Waals surface area (Å²) >= 11 is 0. The Hall–Kier alpha value is -0.0800. The molecule has 0 aromatic heterocycles. The minimum atomic E-state index is 0.367. The summed E-state index contributed by atoms with van der Waals surface area (Å²) in [4.78, 5) is 0. The first-order valence-electron chi connectivity index (χ1n) is 6.36. The predicted molar refractivity (Wildman–Crippen MR) is 67.2 cm³/mol. The van der Waals surface area contributed by atoms with Crippen LogP contribution < -0.4 is 5.32 Å². The minimum Gasteiger partial charge on any atom is -0.382 e. The summed E-state index contributed by atoms with van der Waals surface area (Å²) < 4.78 is 5.33. The van der Waals surface area contributed by atoms with Crippen LogP contribution in [0.25, 0.3) is 0 Å². The Morgan fingerprint density at radius 2 is 1.80 bits per heavy atom. The molecule has 1 N–H and O–H groups in total. The molecule has 0 amide bonds. The van der Waals surface area contributed by atoms with Crippen molar-refractivity contribution in [2.45, 2.75) is 65.5 Å². The van der Waals surface area contributed by atoms with E-state index in [0.29, 0.717) is 12.1 Å². The van der Waals surface area contributed by atoms with Gasteiger partial charge in [0, 0.05) is 13.2 Å². The summed E-state index contributed by atoms with van der Waals surface area (Å²) in [5, 5.41) is 3.61. The summed E-state index contributed by atoms with van der Waals surface area (Å²) in [6.45, 7) is 10.1. The molecule has 0 aliphatic carbocycles. The first-order valence-corrected chi connectivity index (χ1v) is 6.36. The van der Waals surface area contributed by atoms with Crippen LogP contribution >= 0.6 is 0 Å². The first kappa shape index (κ1) is 14.9. The molecule has 0 saturated heterocycles. The molecule has 0 rings (SSSR count). The molecule has 0 fully saturated rings. The molecule has 15 heavy (non-hydrogen) atoms. The molecule has 0 spiro atoms. The highest BCUT2D eigenvalue weighted by Gasteiger charge is 2.12. The van der Waals surface area contributed by atoms with Crippen molar-refractivity contribution in [2.75, 3.05) is 13.7 Å². The normalized spacial score (nSPS) is 15.6. The number of rotatable bonds is 9. The highest BCUT2D eigenvalue weighted by molar-refractivity contribution is 4.70. The molecular weight excluding hydrogens is 186 g/mol. The van der Waals surface area contributed by atoms with Crippen molar-refractivity contribution in [3.05, 3.63) is 0 Å². The lowest BCUT2D eigenvalue weighted by molar-refractivity contribution is 0.0985. The van der Waals surface area contributed by atoms with Gasteiger partial charge in [0.2, 0.25) is 0 Å². The molecule has 0 saturated carbocycles. The van der Waals surface area contributed by atoms with Crippen LogP contribution in [-0.4, -0.2) is 25.8 Å². The summed E-state index contributed by atoms with van der Waals surface area (Å²) in [6, 6.07) is 0.627. The Morgan fingerprint density at radius 1 is 1.13 bits per heavy atom. The first-order chi connectivity index (χ1) is 7.10. The van der Waals surface area contributed by atoms with Gasteiger partial charge in [0.05, 0.1) is 6.10 Å². The van der Waals surface area contributed by atoms with E-state index in [0.717, 1.165) is 18.9 Å². The van der Waals surface area contributed by atoms with Gasteiger partial charge in [-0.15, -0.1) is 0 Å². The fourth-order valence-corrected chi connectivity index (χ4v) is 1.68. The van der Waals surface area contributed by atoms with Crippen LogP contribution in [0.4, 0.5) is 0 Å². The number of ether oxygens (including phenoxy) is 1. The predicted octanol–water partition coefficient (Wildman–Crippen LogP) is 3.22. The van der Waals surface area contributed by atoms with Crippen molar-refractivity contribution in [2.24, 2.45) is 5.92 Å². The Balaban J connectivity index is 3.83. The third-order valence-electron chi connectivity index (χ3n) is 2.79. The van der Waals surface area contributed by atoms with E-state index >= 15 is 0 Å². The standard InChI is InChI=1S/C13H29NO/c1-6-9-14-13(8-7-11(2)3)10-12(4)15-5/h11-14H,6-10H2,1-5H3. The second-order valence-corrected chi connectivity index (χ2v) is 4.90. The average molecular weight is 215 g/mol. The van der Waals surface area contributed by atoms with E-state index in [1.165, 1.54) is 19.3 Å². The molecule has 92 valence electrons. The Morgan fingerprint density at radius 3 is 2.27 bits per heavy atom. The van der Waals surface area contributed by atoms with Crippen LogP contribution in [0.1, 0.15) is 53.4 Å². The largest absolute Gasteiger partial charge is 0.382 e. The number of nitrogens with one attached hydrogen (secondary N) is 1. The van der Waals surface area contributed by atoms with Gasteiger partial charge in [-0.3, -0.25) is 0 Å². The molecule has 0 aliphatic rings. The Labute approximate surface area is 95.8 Å². The van der Waals surface area contributed by atoms with Gasteiger partial charge < -0.3 is 10.1 Å². The van der Waals surface area contributed by atoms with E-state index in [4.69, 9.17) is 4.74 Å². The maximum absolute atomic E-state index is 5.33. The van der Waals surface area contributed by atoms with Gasteiger partial charge in [0.1, 0.15) is 0 Å². The smallest absolute Gasteiger partial charge is 0.0558 e. The maximum atomic E-state index is 5.33. The summed E-state index contributed by atoms with van der Waals surface area (Å²) in [5.41, 5.74) is 0. The third-order valence-corrected chi connectivity index (χ3v) is 2.79. The lowest BCUT2D eigenvalue weighted by Crippen LogP contribution is -2.33. The molecule has 0 bridgehead atoms. The van der Waals surface area contributed by atoms with Crippen LogP contribution in [0.15, 0.2) is 0 Å². The molecule has 0 aromatic carbocycles. The van der Waals surface area contributed by atoms with Gasteiger partial charge in [-0.05, 0) is 45.1 Å². The average Bonchev–Trinajstić information content (AvgIpc) is 2.21. The lowest BCUT2D eigenvalue weighted by Gasteiger charge is -2.22. The molecule has 2 nitrogen and oxygen atoms in total. The molecule has 0 heterocycles. The summed E-state index contributed by atoms with van der Waals surface area (Å²) in [6.07, 6.45) is 5.28. The second-order valence-electron chi connectivity index (χ2n) is 4.90. The van der Waals surface area contributed by atoms with Gasteiger partial charge in [-0.2, -0.15) is 0 Å². The molecule has 0 aromatic rings. The van der Waals surface area contributed by atoms with Crippen LogP contribution in [0, 0.1) is 5.92 Å². The van der Waals surface area contributed by atoms with Crippen molar-refractivity contribution >= 4 is 0 Å². The summed E-state index contributed by atoms with van der Waals surface area (Å²) in [7, 11) is 1.80. The van der Waals surface area contributed by atoms with E-state index in [9.17, 15) is 0 Å². The van der Waals surface area contributed by atoms with Crippen molar-refractivity contribution < 1.29 is 4.74 Å². The van der Waals surface area contributed by atoms with Crippen LogP contribution in [0.2, 0.25) is 0 Å². The monoisotopic (exact) mass is 215 g/mol. The van der Waals surface area contributed by atoms with E-state index in [-0.39, 0.29) is 0 Å². The molecule has 0 aliphatic heterocycles. The maximum Gasteiger partial charge on any atom is 0.0558 e. The third kappa shape index (κ3) is 8.88. The zero-order chi connectivity index (χ0) is 11.7. The lowest BCUT2D eigenvalue weighted by atomic mass is 9.99. The second kappa shape index (κ2) is 9.17. The molecule has 0 radical (unpaired) electrons. The number of hydrogen-bond acceptors (Lipinski definition) is 2. The molecule has 2 atom stereocenters. The van der Waals surface area contributed by atoms with Gasteiger partial charge in [0.15, 0.2) is 0 Å². The Kier molecular flexibility index (Phi) is 9.12. The fourth-order valence-electron chi connectivity index (χ4n) is 1.68. The molecule has 2 heteroatoms. The highest BCUT2D eigenvalue weighted by atomic mass is 16.5. The summed E-state index contributed by atoms with van der Waals surface area (Å²) in [5.74, 6) is 0.800. The van der Waals surface area contributed by atoms with Crippen molar-refractivity contribution in [1.29, 1.82) is 0 Å². The van der Waals surface area contributed by atoms with E-state index in [1.807, 2.05) is 0 Å². The topological polar surface area (TPSA) is 21.3 Å². The fraction of sp³-hybridized carbons (Fsp3) is 1.00. The molecular formula is C13H29NO. The number of hydrogen-bond donors (Lipinski definition) is 1. The van der Waals surface area contributed by atoms with Crippen LogP contribution in [0.3, 0.4) is 0 Å². The van der Waals surface area contributed by atoms with Crippen LogP contribution in [-0.2, 0) is 4.74 Å². The minimum absolute atomic E-state index is 0.367. The molecule has 2 unspecified atom stereocenters. The Bertz CT molecular complexity index is 136.